The fourth-order valence-electron chi connectivity index (χ4n) is 3.44. The van der Waals surface area contributed by atoms with Crippen molar-refractivity contribution in [1.82, 2.24) is 20.2 Å². The van der Waals surface area contributed by atoms with Crippen LogP contribution in [-0.2, 0) is 4.79 Å². The maximum Gasteiger partial charge on any atom is 0.273 e. The zero-order chi connectivity index (χ0) is 23.5. The van der Waals surface area contributed by atoms with E-state index in [4.69, 9.17) is 0 Å². The molecule has 0 radical (unpaired) electrons. The third-order valence-electron chi connectivity index (χ3n) is 5.12. The number of amides is 2. The quantitative estimate of drug-likeness (QED) is 0.649. The van der Waals surface area contributed by atoms with Gasteiger partial charge >= 0.3 is 0 Å². The summed E-state index contributed by atoms with van der Waals surface area (Å²) >= 11 is 0. The number of nitrogens with zero attached hydrogens (tertiary/aromatic N) is 3. The number of piperidine rings is 1. The first kappa shape index (κ1) is 23.4. The van der Waals surface area contributed by atoms with Crippen LogP contribution in [0.25, 0.3) is 0 Å². The Kier molecular flexibility index (Phi) is 6.95. The number of aryl methyl sites for hydroxylation is 1. The van der Waals surface area contributed by atoms with Crippen molar-refractivity contribution < 1.29 is 27.2 Å². The first-order valence-electron chi connectivity index (χ1n) is 9.98. The molecule has 2 amide bonds. The van der Waals surface area contributed by atoms with E-state index >= 15 is 0 Å². The normalized spacial score (nSPS) is 17.8. The van der Waals surface area contributed by atoms with Crippen molar-refractivity contribution in [1.29, 1.82) is 0 Å². The van der Waals surface area contributed by atoms with Crippen LogP contribution in [0.5, 0.6) is 0 Å². The highest BCUT2D eigenvalue weighted by Gasteiger charge is 2.42. The smallest absolute Gasteiger partial charge is 0.273 e. The van der Waals surface area contributed by atoms with Gasteiger partial charge in [-0.2, -0.15) is 0 Å². The van der Waals surface area contributed by atoms with Gasteiger partial charge in [0.25, 0.3) is 18.3 Å². The molecule has 0 unspecified atom stereocenters. The van der Waals surface area contributed by atoms with Crippen LogP contribution >= 0.6 is 0 Å². The summed E-state index contributed by atoms with van der Waals surface area (Å²) in [6.45, 7) is 2.19. The summed E-state index contributed by atoms with van der Waals surface area (Å²) in [5, 5.41) is 5.33. The Balaban J connectivity index is 1.86. The van der Waals surface area contributed by atoms with Gasteiger partial charge in [0.1, 0.15) is 17.3 Å². The summed E-state index contributed by atoms with van der Waals surface area (Å²) in [6.07, 6.45) is -1.82. The second-order valence-corrected chi connectivity index (χ2v) is 7.68. The summed E-state index contributed by atoms with van der Waals surface area (Å²) in [7, 11) is 0. The number of hydrogen-bond donors (Lipinski definition) is 2. The van der Waals surface area contributed by atoms with E-state index in [0.717, 1.165) is 11.0 Å². The van der Waals surface area contributed by atoms with Crippen LogP contribution < -0.4 is 10.6 Å². The van der Waals surface area contributed by atoms with Crippen LogP contribution in [0, 0.1) is 6.92 Å². The van der Waals surface area contributed by atoms with Crippen molar-refractivity contribution in [2.75, 3.05) is 18.4 Å². The van der Waals surface area contributed by atoms with Gasteiger partial charge in [0.2, 0.25) is 5.91 Å². The molecule has 0 spiro atoms. The Labute approximate surface area is 182 Å². The monoisotopic (exact) mass is 453 g/mol. The minimum atomic E-state index is -3.05. The molecule has 1 fully saturated rings. The molecule has 172 valence electrons. The standard InChI is InChI=1S/C21H23F4N5O2/c1-12-3-4-16(28-17-9-14(19(22)23)6-8-26-17)29-18(12)20(32)30-11-21(24,25)7-5-15(30)10-27-13(2)31/h3-4,6,8-9,15,19H,5,7,10-11H2,1-2H3,(H,27,31)(H,26,28,29)/t15-/m1/s1. The molecule has 0 aromatic carbocycles. The van der Waals surface area contributed by atoms with E-state index < -0.39 is 30.8 Å². The number of pyridine rings is 2. The molecule has 0 bridgehead atoms. The highest BCUT2D eigenvalue weighted by atomic mass is 19.3. The molecule has 3 heterocycles. The average Bonchev–Trinajstić information content (AvgIpc) is 2.73. The summed E-state index contributed by atoms with van der Waals surface area (Å²) in [6, 6.07) is 4.84. The van der Waals surface area contributed by atoms with Crippen molar-refractivity contribution in [2.45, 2.75) is 45.1 Å². The second kappa shape index (κ2) is 9.49. The van der Waals surface area contributed by atoms with Gasteiger partial charge in [-0.15, -0.1) is 0 Å². The number of likely N-dealkylation sites (tertiary alicyclic amines) is 1. The van der Waals surface area contributed by atoms with Crippen LogP contribution in [0.3, 0.4) is 0 Å². The molecular formula is C21H23F4N5O2. The molecule has 3 rings (SSSR count). The summed E-state index contributed by atoms with van der Waals surface area (Å²) in [5.41, 5.74) is 0.176. The molecule has 2 N–H and O–H groups in total. The first-order valence-corrected chi connectivity index (χ1v) is 9.98. The van der Waals surface area contributed by atoms with Gasteiger partial charge in [0, 0.05) is 37.7 Å². The largest absolute Gasteiger partial charge is 0.354 e. The number of carbonyl (C=O) groups is 2. The van der Waals surface area contributed by atoms with Crippen molar-refractivity contribution in [2.24, 2.45) is 0 Å². The molecule has 1 aliphatic heterocycles. The van der Waals surface area contributed by atoms with Gasteiger partial charge in [-0.05, 0) is 37.1 Å². The highest BCUT2D eigenvalue weighted by molar-refractivity contribution is 5.94. The molecule has 1 atom stereocenters. The summed E-state index contributed by atoms with van der Waals surface area (Å²) in [5.74, 6) is -3.82. The molecular weight excluding hydrogens is 430 g/mol. The fourth-order valence-corrected chi connectivity index (χ4v) is 3.44. The van der Waals surface area contributed by atoms with Gasteiger partial charge < -0.3 is 15.5 Å². The third kappa shape index (κ3) is 5.71. The number of carbonyl (C=O) groups excluding carboxylic acids is 2. The summed E-state index contributed by atoms with van der Waals surface area (Å²) in [4.78, 5) is 33.7. The lowest BCUT2D eigenvalue weighted by Crippen LogP contribution is -2.55. The molecule has 2 aromatic rings. The molecule has 2 aromatic heterocycles. The third-order valence-corrected chi connectivity index (χ3v) is 5.12. The lowest BCUT2D eigenvalue weighted by Gasteiger charge is -2.39. The maximum atomic E-state index is 14.1. The Bertz CT molecular complexity index is 1000. The highest BCUT2D eigenvalue weighted by Crippen LogP contribution is 2.31. The van der Waals surface area contributed by atoms with E-state index in [9.17, 15) is 27.2 Å². The number of hydrogen-bond acceptors (Lipinski definition) is 5. The molecule has 0 saturated carbocycles. The number of rotatable bonds is 6. The minimum Gasteiger partial charge on any atom is -0.354 e. The van der Waals surface area contributed by atoms with Crippen LogP contribution in [-0.4, -0.2) is 51.7 Å². The zero-order valence-corrected chi connectivity index (χ0v) is 17.5. The number of halogens is 4. The number of nitrogens with one attached hydrogen (secondary N) is 2. The Morgan fingerprint density at radius 2 is 2.00 bits per heavy atom. The topological polar surface area (TPSA) is 87.2 Å². The van der Waals surface area contributed by atoms with Gasteiger partial charge in [-0.1, -0.05) is 6.07 Å². The van der Waals surface area contributed by atoms with Crippen LogP contribution in [0.2, 0.25) is 0 Å². The summed E-state index contributed by atoms with van der Waals surface area (Å²) < 4.78 is 54.0. The van der Waals surface area contributed by atoms with Crippen LogP contribution in [0.15, 0.2) is 30.5 Å². The van der Waals surface area contributed by atoms with Crippen molar-refractivity contribution in [3.8, 4) is 0 Å². The van der Waals surface area contributed by atoms with E-state index in [1.807, 2.05) is 0 Å². The predicted octanol–water partition coefficient (Wildman–Crippen LogP) is 3.84. The average molecular weight is 453 g/mol. The fraction of sp³-hybridized carbons (Fsp3) is 0.429. The Morgan fingerprint density at radius 3 is 2.69 bits per heavy atom. The van der Waals surface area contributed by atoms with Gasteiger partial charge in [-0.25, -0.2) is 27.5 Å². The van der Waals surface area contributed by atoms with Crippen molar-refractivity contribution in [3.05, 3.63) is 47.3 Å². The number of aromatic nitrogens is 2. The van der Waals surface area contributed by atoms with E-state index in [-0.39, 0.29) is 48.2 Å². The Morgan fingerprint density at radius 1 is 1.25 bits per heavy atom. The molecule has 32 heavy (non-hydrogen) atoms. The van der Waals surface area contributed by atoms with E-state index in [1.54, 1.807) is 13.0 Å². The molecule has 1 saturated heterocycles. The molecule has 7 nitrogen and oxygen atoms in total. The van der Waals surface area contributed by atoms with Gasteiger partial charge in [0.15, 0.2) is 0 Å². The SMILES string of the molecule is CC(=O)NC[C@H]1CCC(F)(F)CN1C(=O)c1nc(Nc2cc(C(F)F)ccn2)ccc1C. The Hall–Kier alpha value is -3.24. The van der Waals surface area contributed by atoms with E-state index in [2.05, 4.69) is 20.6 Å². The molecule has 1 aliphatic rings. The predicted molar refractivity (Wildman–Crippen MR) is 109 cm³/mol. The van der Waals surface area contributed by atoms with E-state index in [0.29, 0.717) is 5.56 Å². The van der Waals surface area contributed by atoms with Gasteiger partial charge in [0.05, 0.1) is 6.54 Å². The first-order chi connectivity index (χ1) is 15.1. The van der Waals surface area contributed by atoms with Gasteiger partial charge in [-0.3, -0.25) is 9.59 Å². The minimum absolute atomic E-state index is 0.0281. The van der Waals surface area contributed by atoms with Crippen LogP contribution in [0.4, 0.5) is 29.2 Å². The lowest BCUT2D eigenvalue weighted by molar-refractivity contribution is -0.119. The molecule has 11 heteroatoms. The van der Waals surface area contributed by atoms with E-state index in [1.165, 1.54) is 25.3 Å². The maximum absolute atomic E-state index is 14.1. The van der Waals surface area contributed by atoms with Crippen LogP contribution in [0.1, 0.15) is 47.8 Å². The number of anilines is 2. The number of alkyl halides is 4. The molecule has 0 aliphatic carbocycles. The van der Waals surface area contributed by atoms with Crippen molar-refractivity contribution in [3.63, 3.8) is 0 Å². The zero-order valence-electron chi connectivity index (χ0n) is 17.5. The van der Waals surface area contributed by atoms with Crippen molar-refractivity contribution >= 4 is 23.5 Å². The second-order valence-electron chi connectivity index (χ2n) is 7.68. The lowest BCUT2D eigenvalue weighted by atomic mass is 9.98.